The molecule has 0 spiro atoms. The van der Waals surface area contributed by atoms with Crippen molar-refractivity contribution in [1.29, 1.82) is 5.26 Å². The molecule has 0 aliphatic rings. The van der Waals surface area contributed by atoms with E-state index in [4.69, 9.17) is 19.8 Å². The third-order valence-corrected chi connectivity index (χ3v) is 2.35. The first-order valence-electron chi connectivity index (χ1n) is 5.92. The number of nitrogens with zero attached hydrogens (tertiary/aromatic N) is 1. The summed E-state index contributed by atoms with van der Waals surface area (Å²) in [6, 6.07) is 6.57. The maximum absolute atomic E-state index is 11.4. The average Bonchev–Trinajstić information content (AvgIpc) is 2.48. The lowest BCUT2D eigenvalue weighted by molar-refractivity contribution is -0.131. The number of carboxylic acid groups (broad SMARTS) is 1. The molecule has 1 amide bonds. The van der Waals surface area contributed by atoms with Crippen LogP contribution >= 0.6 is 0 Å². The van der Waals surface area contributed by atoms with Gasteiger partial charge in [0.25, 0.3) is 5.91 Å². The largest absolute Gasteiger partial charge is 0.497 e. The van der Waals surface area contributed by atoms with Crippen LogP contribution in [0, 0.1) is 11.3 Å². The minimum absolute atomic E-state index is 0.105. The lowest BCUT2D eigenvalue weighted by Crippen LogP contribution is -2.29. The van der Waals surface area contributed by atoms with Crippen molar-refractivity contribution >= 4 is 18.0 Å². The number of amides is 1. The Morgan fingerprint density at radius 3 is 2.86 bits per heavy atom. The molecule has 0 fully saturated rings. The van der Waals surface area contributed by atoms with E-state index in [1.54, 1.807) is 24.3 Å². The van der Waals surface area contributed by atoms with Gasteiger partial charge in [-0.2, -0.15) is 5.26 Å². The second kappa shape index (κ2) is 8.22. The van der Waals surface area contributed by atoms with E-state index in [0.29, 0.717) is 17.1 Å². The average molecular weight is 290 g/mol. The van der Waals surface area contributed by atoms with E-state index in [9.17, 15) is 9.59 Å². The van der Waals surface area contributed by atoms with Gasteiger partial charge in [0.15, 0.2) is 6.61 Å². The summed E-state index contributed by atoms with van der Waals surface area (Å²) in [5.41, 5.74) is 0.492. The topological polar surface area (TPSA) is 109 Å². The number of carboxylic acids is 1. The Morgan fingerprint density at radius 2 is 2.24 bits per heavy atom. The molecule has 1 aromatic carbocycles. The zero-order valence-electron chi connectivity index (χ0n) is 11.3. The number of nitrogens with one attached hydrogen (secondary N) is 1. The highest BCUT2D eigenvalue weighted by atomic mass is 16.5. The number of rotatable bonds is 7. The van der Waals surface area contributed by atoms with Gasteiger partial charge in [0.2, 0.25) is 0 Å². The molecule has 0 aliphatic carbocycles. The van der Waals surface area contributed by atoms with Crippen LogP contribution in [0.3, 0.4) is 0 Å². The molecular formula is C14H14N2O5. The Labute approximate surface area is 121 Å². The van der Waals surface area contributed by atoms with Gasteiger partial charge < -0.3 is 19.9 Å². The van der Waals surface area contributed by atoms with E-state index in [-0.39, 0.29) is 13.2 Å². The molecule has 110 valence electrons. The summed E-state index contributed by atoms with van der Waals surface area (Å²) in [7, 11) is 1.48. The predicted octanol–water partition coefficient (Wildman–Crippen LogP) is 0.812. The zero-order chi connectivity index (χ0) is 15.7. The Kier molecular flexibility index (Phi) is 6.28. The standard InChI is InChI=1S/C14H14N2O5/c1-20-11-4-2-10(3-5-14(18)19)12(8-11)21-9-13(17)16-7-6-15/h2-5,8H,7,9H2,1H3,(H,16,17)(H,18,19). The van der Waals surface area contributed by atoms with Crippen molar-refractivity contribution in [3.05, 3.63) is 29.8 Å². The number of hydrogen-bond acceptors (Lipinski definition) is 5. The van der Waals surface area contributed by atoms with Crippen molar-refractivity contribution in [2.24, 2.45) is 0 Å². The first-order valence-corrected chi connectivity index (χ1v) is 5.92. The van der Waals surface area contributed by atoms with Gasteiger partial charge in [-0.05, 0) is 18.2 Å². The van der Waals surface area contributed by atoms with Gasteiger partial charge >= 0.3 is 5.97 Å². The number of carbonyl (C=O) groups excluding carboxylic acids is 1. The molecule has 0 atom stereocenters. The van der Waals surface area contributed by atoms with E-state index in [1.807, 2.05) is 0 Å². The first kappa shape index (κ1) is 16.0. The molecule has 0 aromatic heterocycles. The molecule has 0 heterocycles. The highest BCUT2D eigenvalue weighted by Gasteiger charge is 2.07. The number of methoxy groups -OCH3 is 1. The Morgan fingerprint density at radius 1 is 1.48 bits per heavy atom. The summed E-state index contributed by atoms with van der Waals surface area (Å²) in [6.07, 6.45) is 2.31. The lowest BCUT2D eigenvalue weighted by Gasteiger charge is -2.10. The van der Waals surface area contributed by atoms with Crippen molar-refractivity contribution in [2.45, 2.75) is 0 Å². The van der Waals surface area contributed by atoms with Gasteiger partial charge in [-0.15, -0.1) is 0 Å². The number of hydrogen-bond donors (Lipinski definition) is 2. The molecule has 7 nitrogen and oxygen atoms in total. The van der Waals surface area contributed by atoms with Gasteiger partial charge in [0, 0.05) is 17.7 Å². The number of nitriles is 1. The van der Waals surface area contributed by atoms with Gasteiger partial charge in [0.05, 0.1) is 13.2 Å². The minimum Gasteiger partial charge on any atom is -0.497 e. The van der Waals surface area contributed by atoms with Crippen LogP contribution in [0.1, 0.15) is 5.56 Å². The van der Waals surface area contributed by atoms with Crippen LogP contribution in [-0.4, -0.2) is 37.2 Å². The molecular weight excluding hydrogens is 276 g/mol. The van der Waals surface area contributed by atoms with E-state index < -0.39 is 11.9 Å². The van der Waals surface area contributed by atoms with E-state index in [1.165, 1.54) is 13.2 Å². The Balaban J connectivity index is 2.84. The van der Waals surface area contributed by atoms with Crippen LogP contribution in [0.2, 0.25) is 0 Å². The molecule has 7 heteroatoms. The third kappa shape index (κ3) is 5.65. The fraction of sp³-hybridized carbons (Fsp3) is 0.214. The van der Waals surface area contributed by atoms with Crippen molar-refractivity contribution in [3.63, 3.8) is 0 Å². The van der Waals surface area contributed by atoms with Gasteiger partial charge in [0.1, 0.15) is 18.0 Å². The van der Waals surface area contributed by atoms with E-state index in [0.717, 1.165) is 6.08 Å². The number of ether oxygens (including phenoxy) is 2. The molecule has 2 N–H and O–H groups in total. The third-order valence-electron chi connectivity index (χ3n) is 2.35. The predicted molar refractivity (Wildman–Crippen MR) is 73.8 cm³/mol. The summed E-state index contributed by atoms with van der Waals surface area (Å²) >= 11 is 0. The summed E-state index contributed by atoms with van der Waals surface area (Å²) in [5, 5.41) is 19.3. The molecule has 1 aromatic rings. The molecule has 0 saturated carbocycles. The SMILES string of the molecule is COc1ccc(C=CC(=O)O)c(OCC(=O)NCC#N)c1. The monoisotopic (exact) mass is 290 g/mol. The van der Waals surface area contributed by atoms with Crippen LogP contribution in [0.4, 0.5) is 0 Å². The van der Waals surface area contributed by atoms with Gasteiger partial charge in [-0.1, -0.05) is 0 Å². The zero-order valence-corrected chi connectivity index (χ0v) is 11.3. The fourth-order valence-corrected chi connectivity index (χ4v) is 1.40. The fourth-order valence-electron chi connectivity index (χ4n) is 1.40. The van der Waals surface area contributed by atoms with E-state index >= 15 is 0 Å². The maximum Gasteiger partial charge on any atom is 0.328 e. The van der Waals surface area contributed by atoms with Gasteiger partial charge in [-0.25, -0.2) is 4.79 Å². The number of benzene rings is 1. The van der Waals surface area contributed by atoms with E-state index in [2.05, 4.69) is 5.32 Å². The maximum atomic E-state index is 11.4. The smallest absolute Gasteiger partial charge is 0.328 e. The molecule has 0 aliphatic heterocycles. The quantitative estimate of drug-likeness (QED) is 0.568. The lowest BCUT2D eigenvalue weighted by atomic mass is 10.1. The summed E-state index contributed by atoms with van der Waals surface area (Å²) in [4.78, 5) is 21.9. The van der Waals surface area contributed by atoms with Crippen LogP contribution in [0.5, 0.6) is 11.5 Å². The Hall–Kier alpha value is -3.01. The first-order chi connectivity index (χ1) is 10.1. The van der Waals surface area contributed by atoms with Crippen LogP contribution in [-0.2, 0) is 9.59 Å². The molecule has 0 unspecified atom stereocenters. The second-order valence-electron chi connectivity index (χ2n) is 3.80. The van der Waals surface area contributed by atoms with Crippen LogP contribution in [0.15, 0.2) is 24.3 Å². The van der Waals surface area contributed by atoms with Gasteiger partial charge in [-0.3, -0.25) is 4.79 Å². The highest BCUT2D eigenvalue weighted by Crippen LogP contribution is 2.26. The molecule has 0 radical (unpaired) electrons. The summed E-state index contributed by atoms with van der Waals surface area (Å²) in [6.45, 7) is -0.394. The van der Waals surface area contributed by atoms with Crippen LogP contribution < -0.4 is 14.8 Å². The molecule has 1 rings (SSSR count). The normalized spacial score (nSPS) is 9.90. The minimum atomic E-state index is -1.09. The molecule has 0 saturated heterocycles. The van der Waals surface area contributed by atoms with Crippen molar-refractivity contribution < 1.29 is 24.2 Å². The van der Waals surface area contributed by atoms with Crippen LogP contribution in [0.25, 0.3) is 6.08 Å². The summed E-state index contributed by atoms with van der Waals surface area (Å²) < 4.78 is 10.4. The molecule has 0 bridgehead atoms. The number of aliphatic carboxylic acids is 1. The van der Waals surface area contributed by atoms with Crippen molar-refractivity contribution in [2.75, 3.05) is 20.3 Å². The highest BCUT2D eigenvalue weighted by molar-refractivity contribution is 5.86. The van der Waals surface area contributed by atoms with Crippen molar-refractivity contribution in [3.8, 4) is 17.6 Å². The second-order valence-corrected chi connectivity index (χ2v) is 3.80. The molecule has 21 heavy (non-hydrogen) atoms. The Bertz CT molecular complexity index is 590. The van der Waals surface area contributed by atoms with Crippen molar-refractivity contribution in [1.82, 2.24) is 5.32 Å². The summed E-state index contributed by atoms with van der Waals surface area (Å²) in [5.74, 6) is -0.732. The number of carbonyl (C=O) groups is 2.